The molecule has 2 heterocycles. The van der Waals surface area contributed by atoms with Crippen LogP contribution < -0.4 is 15.0 Å². The van der Waals surface area contributed by atoms with Crippen molar-refractivity contribution in [2.75, 3.05) is 32.2 Å². The van der Waals surface area contributed by atoms with Crippen LogP contribution in [-0.2, 0) is 4.74 Å². The summed E-state index contributed by atoms with van der Waals surface area (Å²) in [6, 6.07) is 5.95. The number of hydrogen-bond donors (Lipinski definition) is 1. The summed E-state index contributed by atoms with van der Waals surface area (Å²) in [7, 11) is 3.06. The van der Waals surface area contributed by atoms with Crippen molar-refractivity contribution < 1.29 is 14.3 Å². The Hall–Kier alpha value is -2.50. The van der Waals surface area contributed by atoms with Crippen molar-refractivity contribution in [2.45, 2.75) is 12.5 Å². The van der Waals surface area contributed by atoms with Crippen molar-refractivity contribution in [3.63, 3.8) is 0 Å². The van der Waals surface area contributed by atoms with Gasteiger partial charge >= 0.3 is 6.09 Å². The second-order valence-corrected chi connectivity index (χ2v) is 5.27. The van der Waals surface area contributed by atoms with Crippen LogP contribution >= 0.6 is 0 Å². The molecule has 1 unspecified atom stereocenters. The summed E-state index contributed by atoms with van der Waals surface area (Å²) in [4.78, 5) is 17.3. The van der Waals surface area contributed by atoms with Gasteiger partial charge in [0.15, 0.2) is 0 Å². The fourth-order valence-corrected chi connectivity index (χ4v) is 2.64. The van der Waals surface area contributed by atoms with E-state index in [-0.39, 0.29) is 6.04 Å². The quantitative estimate of drug-likeness (QED) is 0.908. The summed E-state index contributed by atoms with van der Waals surface area (Å²) in [5.41, 5.74) is 3.01. The maximum atomic E-state index is 11.7. The van der Waals surface area contributed by atoms with Crippen LogP contribution in [0.25, 0.3) is 5.57 Å². The van der Waals surface area contributed by atoms with E-state index in [1.54, 1.807) is 13.4 Å². The van der Waals surface area contributed by atoms with Crippen LogP contribution in [0.3, 0.4) is 0 Å². The number of fused-ring (bicyclic) bond motifs is 1. The van der Waals surface area contributed by atoms with Gasteiger partial charge in [0.05, 0.1) is 32.6 Å². The maximum absolute atomic E-state index is 11.7. The van der Waals surface area contributed by atoms with E-state index in [1.807, 2.05) is 18.2 Å². The Kier molecular flexibility index (Phi) is 4.00. The first-order chi connectivity index (χ1) is 10.7. The van der Waals surface area contributed by atoms with Crippen molar-refractivity contribution in [2.24, 2.45) is 4.99 Å². The average molecular weight is 301 g/mol. The lowest BCUT2D eigenvalue weighted by Gasteiger charge is -2.24. The third-order valence-corrected chi connectivity index (χ3v) is 3.86. The molecule has 1 aromatic carbocycles. The largest absolute Gasteiger partial charge is 0.493 e. The highest BCUT2D eigenvalue weighted by atomic mass is 16.5. The number of anilines is 1. The van der Waals surface area contributed by atoms with Gasteiger partial charge in [-0.15, -0.1) is 0 Å². The number of methoxy groups -OCH3 is 1. The number of carbonyl (C=O) groups is 1. The minimum atomic E-state index is -0.395. The average Bonchev–Trinajstić information content (AvgIpc) is 3.06. The molecule has 0 spiro atoms. The molecule has 0 aliphatic carbocycles. The van der Waals surface area contributed by atoms with Gasteiger partial charge < -0.3 is 14.8 Å². The number of carbonyl (C=O) groups excluding carboxylic acids is 1. The molecule has 2 aliphatic heterocycles. The predicted octanol–water partition coefficient (Wildman–Crippen LogP) is 2.06. The van der Waals surface area contributed by atoms with Crippen LogP contribution in [0.4, 0.5) is 10.5 Å². The smallest absolute Gasteiger partial charge is 0.413 e. The molecule has 0 saturated heterocycles. The van der Waals surface area contributed by atoms with Gasteiger partial charge in [-0.1, -0.05) is 6.08 Å². The first kappa shape index (κ1) is 14.4. The number of nitrogens with one attached hydrogen (secondary N) is 1. The summed E-state index contributed by atoms with van der Waals surface area (Å²) in [6.07, 6.45) is 4.38. The minimum Gasteiger partial charge on any atom is -0.493 e. The highest BCUT2D eigenvalue weighted by molar-refractivity contribution is 5.88. The number of nitrogens with zero attached hydrogens (tertiary/aromatic N) is 2. The molecule has 2 aliphatic rings. The van der Waals surface area contributed by atoms with Crippen molar-refractivity contribution in [3.8, 4) is 5.75 Å². The second kappa shape index (κ2) is 6.09. The van der Waals surface area contributed by atoms with E-state index < -0.39 is 6.09 Å². The number of amides is 1. The zero-order valence-corrected chi connectivity index (χ0v) is 12.7. The van der Waals surface area contributed by atoms with E-state index >= 15 is 0 Å². The van der Waals surface area contributed by atoms with Gasteiger partial charge in [-0.05, 0) is 23.8 Å². The summed E-state index contributed by atoms with van der Waals surface area (Å²) >= 11 is 0. The highest BCUT2D eigenvalue weighted by Gasteiger charge is 2.20. The Morgan fingerprint density at radius 2 is 2.41 bits per heavy atom. The Bertz CT molecular complexity index is 632. The van der Waals surface area contributed by atoms with E-state index in [9.17, 15) is 4.79 Å². The van der Waals surface area contributed by atoms with Gasteiger partial charge in [-0.2, -0.15) is 0 Å². The lowest BCUT2D eigenvalue weighted by Crippen LogP contribution is -2.26. The van der Waals surface area contributed by atoms with E-state index in [4.69, 9.17) is 9.47 Å². The molecule has 22 heavy (non-hydrogen) atoms. The fraction of sp³-hybridized carbons (Fsp3) is 0.375. The van der Waals surface area contributed by atoms with E-state index in [1.165, 1.54) is 17.6 Å². The highest BCUT2D eigenvalue weighted by Crippen LogP contribution is 2.36. The van der Waals surface area contributed by atoms with Crippen LogP contribution in [0.5, 0.6) is 5.75 Å². The molecule has 0 fully saturated rings. The number of ether oxygens (including phenoxy) is 2. The van der Waals surface area contributed by atoms with Crippen LogP contribution in [0.2, 0.25) is 0 Å². The van der Waals surface area contributed by atoms with Crippen LogP contribution in [0.1, 0.15) is 12.0 Å². The number of rotatable bonds is 2. The zero-order chi connectivity index (χ0) is 15.5. The molecule has 1 N–H and O–H groups in total. The molecule has 6 nitrogen and oxygen atoms in total. The lowest BCUT2D eigenvalue weighted by molar-refractivity contribution is 0.180. The number of hydrogen-bond acceptors (Lipinski definition) is 5. The molecule has 6 heteroatoms. The van der Waals surface area contributed by atoms with E-state index in [2.05, 4.69) is 16.4 Å². The van der Waals surface area contributed by atoms with E-state index in [0.29, 0.717) is 6.61 Å². The monoisotopic (exact) mass is 301 g/mol. The second-order valence-electron chi connectivity index (χ2n) is 5.27. The Labute approximate surface area is 129 Å². The molecular formula is C16H19N3O3. The summed E-state index contributed by atoms with van der Waals surface area (Å²) in [6.45, 7) is 1.42. The molecule has 0 radical (unpaired) electrons. The lowest BCUT2D eigenvalue weighted by atomic mass is 9.97. The normalized spacial score (nSPS) is 21.0. The third kappa shape index (κ3) is 2.77. The summed E-state index contributed by atoms with van der Waals surface area (Å²) in [5, 5.41) is 3.21. The summed E-state index contributed by atoms with van der Waals surface area (Å²) in [5.74, 6) is 0.846. The molecule has 3 rings (SSSR count). The fourth-order valence-electron chi connectivity index (χ4n) is 2.64. The number of aliphatic imine (C=N–C) groups is 1. The molecular weight excluding hydrogens is 282 g/mol. The van der Waals surface area contributed by atoms with Crippen molar-refractivity contribution >= 4 is 23.7 Å². The Balaban J connectivity index is 1.92. The van der Waals surface area contributed by atoms with Crippen LogP contribution in [-0.4, -0.2) is 45.8 Å². The van der Waals surface area contributed by atoms with Crippen molar-refractivity contribution in [3.05, 3.63) is 29.8 Å². The van der Waals surface area contributed by atoms with Gasteiger partial charge in [-0.3, -0.25) is 9.89 Å². The van der Waals surface area contributed by atoms with Crippen LogP contribution in [0.15, 0.2) is 29.3 Å². The zero-order valence-electron chi connectivity index (χ0n) is 12.7. The molecule has 0 saturated carbocycles. The van der Waals surface area contributed by atoms with Crippen LogP contribution in [0, 0.1) is 0 Å². The van der Waals surface area contributed by atoms with Crippen molar-refractivity contribution in [1.29, 1.82) is 0 Å². The number of benzene rings is 1. The maximum Gasteiger partial charge on any atom is 0.413 e. The molecule has 0 bridgehead atoms. The molecule has 116 valence electrons. The Morgan fingerprint density at radius 1 is 1.55 bits per heavy atom. The molecule has 1 atom stereocenters. The van der Waals surface area contributed by atoms with Gasteiger partial charge in [0, 0.05) is 24.7 Å². The first-order valence-corrected chi connectivity index (χ1v) is 7.23. The topological polar surface area (TPSA) is 63.2 Å². The SMILES string of the molecule is COC(=O)N(C)c1ccc2c(c1)/C(=C/C1CN=CN1)CCO2. The van der Waals surface area contributed by atoms with Gasteiger partial charge in [0.25, 0.3) is 0 Å². The molecule has 1 amide bonds. The Morgan fingerprint density at radius 3 is 3.14 bits per heavy atom. The van der Waals surface area contributed by atoms with Gasteiger partial charge in [0.2, 0.25) is 0 Å². The predicted molar refractivity (Wildman–Crippen MR) is 85.6 cm³/mol. The van der Waals surface area contributed by atoms with E-state index in [0.717, 1.165) is 30.0 Å². The van der Waals surface area contributed by atoms with Gasteiger partial charge in [0.1, 0.15) is 5.75 Å². The third-order valence-electron chi connectivity index (χ3n) is 3.86. The molecule has 0 aromatic heterocycles. The molecule has 1 aromatic rings. The first-order valence-electron chi connectivity index (χ1n) is 7.23. The van der Waals surface area contributed by atoms with Gasteiger partial charge in [-0.25, -0.2) is 4.79 Å². The van der Waals surface area contributed by atoms with Crippen molar-refractivity contribution in [1.82, 2.24) is 5.32 Å². The standard InChI is InChI=1S/C16H19N3O3/c1-19(16(20)21-2)13-3-4-15-14(8-13)11(5-6-22-15)7-12-9-17-10-18-12/h3-4,7-8,10,12H,5-6,9H2,1-2H3,(H,17,18)/b11-7+. The minimum absolute atomic E-state index is 0.225. The summed E-state index contributed by atoms with van der Waals surface area (Å²) < 4.78 is 10.5.